The second kappa shape index (κ2) is 6.52. The van der Waals surface area contributed by atoms with Crippen molar-refractivity contribution < 1.29 is 0 Å². The van der Waals surface area contributed by atoms with Crippen LogP contribution >= 0.6 is 11.3 Å². The fourth-order valence-electron chi connectivity index (χ4n) is 2.83. The monoisotopic (exact) mass is 296 g/mol. The molecule has 2 heterocycles. The molecule has 1 aromatic rings. The molecule has 0 amide bonds. The fourth-order valence-corrected chi connectivity index (χ4v) is 3.78. The minimum atomic E-state index is 0.198. The Kier molecular flexibility index (Phi) is 5.18. The van der Waals surface area contributed by atoms with E-state index >= 15 is 0 Å². The van der Waals surface area contributed by atoms with E-state index in [1.165, 1.54) is 10.6 Å². The lowest BCUT2D eigenvalue weighted by molar-refractivity contribution is 0.1000. The molecule has 0 bridgehead atoms. The molecule has 1 saturated heterocycles. The van der Waals surface area contributed by atoms with Crippen LogP contribution in [0, 0.1) is 13.8 Å². The third kappa shape index (κ3) is 3.79. The number of rotatable bonds is 5. The van der Waals surface area contributed by atoms with Gasteiger partial charge >= 0.3 is 0 Å². The van der Waals surface area contributed by atoms with Gasteiger partial charge in [0.05, 0.1) is 10.7 Å². The second-order valence-electron chi connectivity index (χ2n) is 6.33. The number of hydrogen-bond acceptors (Lipinski definition) is 5. The van der Waals surface area contributed by atoms with E-state index < -0.39 is 0 Å². The summed E-state index contributed by atoms with van der Waals surface area (Å²) in [5.74, 6) is 0. The van der Waals surface area contributed by atoms with E-state index in [0.717, 1.165) is 37.7 Å². The average molecular weight is 296 g/mol. The van der Waals surface area contributed by atoms with Gasteiger partial charge in [-0.3, -0.25) is 4.90 Å². The molecule has 1 aliphatic heterocycles. The first kappa shape index (κ1) is 15.9. The van der Waals surface area contributed by atoms with Crippen LogP contribution < -0.4 is 10.6 Å². The maximum Gasteiger partial charge on any atom is 0.0900 e. The van der Waals surface area contributed by atoms with Crippen LogP contribution in [0.5, 0.6) is 0 Å². The molecule has 0 saturated carbocycles. The Bertz CT molecular complexity index is 435. The van der Waals surface area contributed by atoms with Gasteiger partial charge in [0, 0.05) is 49.2 Å². The summed E-state index contributed by atoms with van der Waals surface area (Å²) < 4.78 is 0. The number of piperazine rings is 1. The van der Waals surface area contributed by atoms with Gasteiger partial charge in [-0.2, -0.15) is 0 Å². The molecule has 0 aliphatic carbocycles. The van der Waals surface area contributed by atoms with Gasteiger partial charge < -0.3 is 10.6 Å². The summed E-state index contributed by atoms with van der Waals surface area (Å²) in [6.45, 7) is 16.6. The molecule has 2 N–H and O–H groups in total. The molecule has 0 radical (unpaired) electrons. The molecule has 1 atom stereocenters. The van der Waals surface area contributed by atoms with Crippen LogP contribution in [0.2, 0.25) is 0 Å². The lowest BCUT2D eigenvalue weighted by Gasteiger charge is -2.41. The molecule has 0 aromatic carbocycles. The van der Waals surface area contributed by atoms with Gasteiger partial charge in [0.15, 0.2) is 0 Å². The summed E-state index contributed by atoms with van der Waals surface area (Å²) >= 11 is 1.81. The van der Waals surface area contributed by atoms with Crippen LogP contribution in [-0.4, -0.2) is 48.1 Å². The van der Waals surface area contributed by atoms with Gasteiger partial charge in [-0.25, -0.2) is 4.98 Å². The van der Waals surface area contributed by atoms with Crippen molar-refractivity contribution in [1.29, 1.82) is 0 Å². The Labute approximate surface area is 127 Å². The minimum absolute atomic E-state index is 0.198. The molecule has 1 unspecified atom stereocenters. The normalized spacial score (nSPS) is 19.2. The molecule has 2 rings (SSSR count). The Balaban J connectivity index is 1.91. The number of nitrogens with zero attached hydrogens (tertiary/aromatic N) is 2. The third-order valence-electron chi connectivity index (χ3n) is 4.15. The highest BCUT2D eigenvalue weighted by Gasteiger charge is 2.28. The Hall–Kier alpha value is -0.490. The predicted octanol–water partition coefficient (Wildman–Crippen LogP) is 2.09. The lowest BCUT2D eigenvalue weighted by Crippen LogP contribution is -2.57. The lowest BCUT2D eigenvalue weighted by atomic mass is 10.0. The van der Waals surface area contributed by atoms with Crippen molar-refractivity contribution in [3.63, 3.8) is 0 Å². The SMILES string of the molecule is Cc1nc(C)c(C(C)NCC(C)(C)N2CCNCC2)s1. The highest BCUT2D eigenvalue weighted by Crippen LogP contribution is 2.25. The first-order valence-electron chi connectivity index (χ1n) is 7.53. The average Bonchev–Trinajstić information content (AvgIpc) is 2.76. The molecular weight excluding hydrogens is 268 g/mol. The van der Waals surface area contributed by atoms with Gasteiger partial charge in [-0.15, -0.1) is 11.3 Å². The van der Waals surface area contributed by atoms with E-state index in [1.807, 2.05) is 11.3 Å². The first-order chi connectivity index (χ1) is 9.40. The van der Waals surface area contributed by atoms with Crippen molar-refractivity contribution in [2.45, 2.75) is 46.2 Å². The van der Waals surface area contributed by atoms with Crippen molar-refractivity contribution in [1.82, 2.24) is 20.5 Å². The second-order valence-corrected chi connectivity index (χ2v) is 7.57. The largest absolute Gasteiger partial charge is 0.314 e. The predicted molar refractivity (Wildman–Crippen MR) is 86.5 cm³/mol. The van der Waals surface area contributed by atoms with E-state index in [9.17, 15) is 0 Å². The van der Waals surface area contributed by atoms with Crippen molar-refractivity contribution in [2.75, 3.05) is 32.7 Å². The summed E-state index contributed by atoms with van der Waals surface area (Å²) in [6.07, 6.45) is 0. The van der Waals surface area contributed by atoms with Gasteiger partial charge in [0.25, 0.3) is 0 Å². The standard InChI is InChI=1S/C15H28N4S/c1-11(14-12(2)18-13(3)20-14)17-10-15(4,5)19-8-6-16-7-9-19/h11,16-17H,6-10H2,1-5H3. The molecule has 114 valence electrons. The zero-order chi connectivity index (χ0) is 14.8. The molecule has 1 aliphatic rings. The fraction of sp³-hybridized carbons (Fsp3) is 0.800. The molecular formula is C15H28N4S. The quantitative estimate of drug-likeness (QED) is 0.873. The van der Waals surface area contributed by atoms with Crippen LogP contribution in [0.1, 0.15) is 42.4 Å². The molecule has 0 spiro atoms. The van der Waals surface area contributed by atoms with Crippen LogP contribution in [0.3, 0.4) is 0 Å². The van der Waals surface area contributed by atoms with E-state index in [4.69, 9.17) is 0 Å². The van der Waals surface area contributed by atoms with Gasteiger partial charge in [-0.1, -0.05) is 0 Å². The van der Waals surface area contributed by atoms with Gasteiger partial charge in [-0.05, 0) is 34.6 Å². The van der Waals surface area contributed by atoms with E-state index in [1.54, 1.807) is 0 Å². The summed E-state index contributed by atoms with van der Waals surface area (Å²) in [7, 11) is 0. The number of nitrogens with one attached hydrogen (secondary N) is 2. The minimum Gasteiger partial charge on any atom is -0.314 e. The highest BCUT2D eigenvalue weighted by atomic mass is 32.1. The van der Waals surface area contributed by atoms with Crippen molar-refractivity contribution >= 4 is 11.3 Å². The Morgan fingerprint density at radius 3 is 2.55 bits per heavy atom. The summed E-state index contributed by atoms with van der Waals surface area (Å²) in [5, 5.41) is 8.28. The maximum absolute atomic E-state index is 4.53. The van der Waals surface area contributed by atoms with Crippen LogP contribution in [-0.2, 0) is 0 Å². The Morgan fingerprint density at radius 2 is 2.00 bits per heavy atom. The highest BCUT2D eigenvalue weighted by molar-refractivity contribution is 7.11. The van der Waals surface area contributed by atoms with Crippen LogP contribution in [0.15, 0.2) is 0 Å². The molecule has 1 aromatic heterocycles. The van der Waals surface area contributed by atoms with Gasteiger partial charge in [0.1, 0.15) is 0 Å². The summed E-state index contributed by atoms with van der Waals surface area (Å²) in [5.41, 5.74) is 1.37. The summed E-state index contributed by atoms with van der Waals surface area (Å²) in [4.78, 5) is 8.48. The third-order valence-corrected chi connectivity index (χ3v) is 5.40. The van der Waals surface area contributed by atoms with Crippen molar-refractivity contribution in [2.24, 2.45) is 0 Å². The molecule has 20 heavy (non-hydrogen) atoms. The number of hydrogen-bond donors (Lipinski definition) is 2. The number of aromatic nitrogens is 1. The Morgan fingerprint density at radius 1 is 1.35 bits per heavy atom. The van der Waals surface area contributed by atoms with Crippen molar-refractivity contribution in [3.05, 3.63) is 15.6 Å². The number of thiazole rings is 1. The first-order valence-corrected chi connectivity index (χ1v) is 8.35. The van der Waals surface area contributed by atoms with E-state index in [0.29, 0.717) is 6.04 Å². The summed E-state index contributed by atoms with van der Waals surface area (Å²) in [6, 6.07) is 0.378. The van der Waals surface area contributed by atoms with Crippen LogP contribution in [0.4, 0.5) is 0 Å². The topological polar surface area (TPSA) is 40.2 Å². The molecule has 4 nitrogen and oxygen atoms in total. The van der Waals surface area contributed by atoms with E-state index in [-0.39, 0.29) is 5.54 Å². The van der Waals surface area contributed by atoms with E-state index in [2.05, 4.69) is 55.1 Å². The number of aryl methyl sites for hydroxylation is 2. The molecule has 5 heteroatoms. The zero-order valence-electron chi connectivity index (χ0n) is 13.4. The van der Waals surface area contributed by atoms with Crippen molar-refractivity contribution in [3.8, 4) is 0 Å². The smallest absolute Gasteiger partial charge is 0.0900 e. The zero-order valence-corrected chi connectivity index (χ0v) is 14.2. The molecule has 1 fully saturated rings. The van der Waals surface area contributed by atoms with Gasteiger partial charge in [0.2, 0.25) is 0 Å². The van der Waals surface area contributed by atoms with Crippen LogP contribution in [0.25, 0.3) is 0 Å². The maximum atomic E-state index is 4.53.